The van der Waals surface area contributed by atoms with Gasteiger partial charge in [-0.15, -0.1) is 0 Å². The van der Waals surface area contributed by atoms with Gasteiger partial charge in [0.05, 0.1) is 10.2 Å². The Hall–Kier alpha value is -1.56. The molecule has 1 heterocycles. The topological polar surface area (TPSA) is 37.8 Å². The number of hydrogen-bond acceptors (Lipinski definition) is 3. The average molecular weight is 314 g/mol. The van der Waals surface area contributed by atoms with Crippen LogP contribution in [0.2, 0.25) is 0 Å². The summed E-state index contributed by atoms with van der Waals surface area (Å²) in [7, 11) is 1.71. The molecule has 0 radical (unpaired) electrons. The van der Waals surface area contributed by atoms with Crippen molar-refractivity contribution in [3.63, 3.8) is 0 Å². The van der Waals surface area contributed by atoms with Crippen LogP contribution in [0, 0.1) is 18.6 Å². The van der Waals surface area contributed by atoms with Crippen molar-refractivity contribution in [3.05, 3.63) is 40.0 Å². The van der Waals surface area contributed by atoms with Crippen LogP contribution in [0.5, 0.6) is 0 Å². The number of rotatable bonds is 2. The SMILES string of the molecule is CNc1nc(-c2cc(F)cc(F)c2)nc(C)c1Br. The molecule has 3 nitrogen and oxygen atoms in total. The van der Waals surface area contributed by atoms with Gasteiger partial charge in [-0.1, -0.05) is 0 Å². The molecule has 1 aromatic carbocycles. The summed E-state index contributed by atoms with van der Waals surface area (Å²) in [5.41, 5.74) is 0.994. The van der Waals surface area contributed by atoms with Gasteiger partial charge in [-0.05, 0) is 35.0 Å². The molecular weight excluding hydrogens is 304 g/mol. The fraction of sp³-hybridized carbons (Fsp3) is 0.167. The summed E-state index contributed by atoms with van der Waals surface area (Å²) < 4.78 is 27.0. The summed E-state index contributed by atoms with van der Waals surface area (Å²) in [5.74, 6) is -0.457. The number of halogens is 3. The quantitative estimate of drug-likeness (QED) is 0.921. The van der Waals surface area contributed by atoms with Crippen LogP contribution in [0.25, 0.3) is 11.4 Å². The Morgan fingerprint density at radius 3 is 2.28 bits per heavy atom. The van der Waals surface area contributed by atoms with Crippen LogP contribution in [-0.4, -0.2) is 17.0 Å². The maximum absolute atomic E-state index is 13.2. The Morgan fingerprint density at radius 2 is 1.72 bits per heavy atom. The number of hydrogen-bond donors (Lipinski definition) is 1. The molecule has 2 aromatic rings. The van der Waals surface area contributed by atoms with Crippen molar-refractivity contribution in [3.8, 4) is 11.4 Å². The third-order valence-electron chi connectivity index (χ3n) is 2.37. The van der Waals surface area contributed by atoms with Crippen LogP contribution in [0.1, 0.15) is 5.69 Å². The van der Waals surface area contributed by atoms with Gasteiger partial charge >= 0.3 is 0 Å². The third-order valence-corrected chi connectivity index (χ3v) is 3.32. The lowest BCUT2D eigenvalue weighted by Crippen LogP contribution is -2.01. The summed E-state index contributed by atoms with van der Waals surface area (Å²) in [5, 5.41) is 2.89. The van der Waals surface area contributed by atoms with E-state index >= 15 is 0 Å². The summed E-state index contributed by atoms with van der Waals surface area (Å²) in [6.45, 7) is 1.78. The van der Waals surface area contributed by atoms with Crippen LogP contribution in [0.3, 0.4) is 0 Å². The molecule has 2 rings (SSSR count). The Kier molecular flexibility index (Phi) is 3.56. The zero-order valence-electron chi connectivity index (χ0n) is 9.76. The van der Waals surface area contributed by atoms with Gasteiger partial charge in [0, 0.05) is 18.7 Å². The van der Waals surface area contributed by atoms with E-state index in [1.54, 1.807) is 14.0 Å². The fourth-order valence-corrected chi connectivity index (χ4v) is 1.91. The standard InChI is InChI=1S/C12H10BrF2N3/c1-6-10(13)12(16-2)18-11(17-6)7-3-8(14)5-9(15)4-7/h3-5H,1-2H3,(H,16,17,18). The summed E-state index contributed by atoms with van der Waals surface area (Å²) in [4.78, 5) is 8.40. The fourth-order valence-electron chi connectivity index (χ4n) is 1.54. The van der Waals surface area contributed by atoms with Gasteiger partial charge in [-0.25, -0.2) is 18.7 Å². The van der Waals surface area contributed by atoms with Crippen molar-refractivity contribution in [1.29, 1.82) is 0 Å². The minimum atomic E-state index is -0.653. The molecule has 0 saturated carbocycles. The second kappa shape index (κ2) is 4.97. The molecule has 0 spiro atoms. The summed E-state index contributed by atoms with van der Waals surface area (Å²) in [6.07, 6.45) is 0. The molecule has 6 heteroatoms. The van der Waals surface area contributed by atoms with Crippen molar-refractivity contribution < 1.29 is 8.78 Å². The first-order valence-corrected chi connectivity index (χ1v) is 5.99. The maximum Gasteiger partial charge on any atom is 0.162 e. The molecule has 0 amide bonds. The van der Waals surface area contributed by atoms with Gasteiger partial charge in [0.25, 0.3) is 0 Å². The summed E-state index contributed by atoms with van der Waals surface area (Å²) >= 11 is 3.34. The summed E-state index contributed by atoms with van der Waals surface area (Å²) in [6, 6.07) is 3.21. The molecule has 0 bridgehead atoms. The van der Waals surface area contributed by atoms with E-state index in [2.05, 4.69) is 31.2 Å². The second-order valence-corrected chi connectivity index (χ2v) is 4.50. The molecule has 1 N–H and O–H groups in total. The molecule has 0 atom stereocenters. The van der Waals surface area contributed by atoms with E-state index in [0.717, 1.165) is 10.5 Å². The van der Waals surface area contributed by atoms with Gasteiger partial charge in [0.2, 0.25) is 0 Å². The van der Waals surface area contributed by atoms with E-state index in [4.69, 9.17) is 0 Å². The lowest BCUT2D eigenvalue weighted by molar-refractivity contribution is 0.584. The van der Waals surface area contributed by atoms with Crippen molar-refractivity contribution in [2.45, 2.75) is 6.92 Å². The van der Waals surface area contributed by atoms with E-state index in [0.29, 0.717) is 17.1 Å². The zero-order valence-corrected chi connectivity index (χ0v) is 11.3. The van der Waals surface area contributed by atoms with Crippen molar-refractivity contribution in [2.24, 2.45) is 0 Å². The molecule has 0 saturated heterocycles. The molecule has 0 aliphatic rings. The lowest BCUT2D eigenvalue weighted by Gasteiger charge is -2.08. The van der Waals surface area contributed by atoms with Gasteiger partial charge < -0.3 is 5.32 Å². The van der Waals surface area contributed by atoms with Crippen molar-refractivity contribution in [1.82, 2.24) is 9.97 Å². The highest BCUT2D eigenvalue weighted by Gasteiger charge is 2.11. The van der Waals surface area contributed by atoms with Crippen LogP contribution in [0.4, 0.5) is 14.6 Å². The first kappa shape index (κ1) is 12.9. The zero-order chi connectivity index (χ0) is 13.3. The van der Waals surface area contributed by atoms with Gasteiger partial charge in [0.1, 0.15) is 17.5 Å². The van der Waals surface area contributed by atoms with E-state index in [1.165, 1.54) is 12.1 Å². The largest absolute Gasteiger partial charge is 0.372 e. The highest BCUT2D eigenvalue weighted by Crippen LogP contribution is 2.27. The molecule has 1 aromatic heterocycles. The smallest absolute Gasteiger partial charge is 0.162 e. The minimum Gasteiger partial charge on any atom is -0.372 e. The van der Waals surface area contributed by atoms with E-state index in [1.807, 2.05) is 0 Å². The van der Waals surface area contributed by atoms with Gasteiger partial charge in [0.15, 0.2) is 5.82 Å². The molecular formula is C12H10BrF2N3. The van der Waals surface area contributed by atoms with Crippen molar-refractivity contribution in [2.75, 3.05) is 12.4 Å². The maximum atomic E-state index is 13.2. The molecule has 0 fully saturated rings. The van der Waals surface area contributed by atoms with E-state index < -0.39 is 11.6 Å². The Bertz CT molecular complexity index is 582. The molecule has 94 valence electrons. The number of benzene rings is 1. The number of aryl methyl sites for hydroxylation is 1. The number of nitrogens with zero attached hydrogens (tertiary/aromatic N) is 2. The average Bonchev–Trinajstić information content (AvgIpc) is 2.31. The highest BCUT2D eigenvalue weighted by atomic mass is 79.9. The highest BCUT2D eigenvalue weighted by molar-refractivity contribution is 9.10. The second-order valence-electron chi connectivity index (χ2n) is 3.70. The predicted octanol–water partition coefficient (Wildman–Crippen LogP) is 3.53. The molecule has 0 unspecified atom stereocenters. The monoisotopic (exact) mass is 313 g/mol. The Morgan fingerprint density at radius 1 is 1.11 bits per heavy atom. The first-order valence-electron chi connectivity index (χ1n) is 5.19. The Labute approximate surface area is 111 Å². The van der Waals surface area contributed by atoms with Crippen LogP contribution < -0.4 is 5.32 Å². The minimum absolute atomic E-state index is 0.276. The first-order chi connectivity index (χ1) is 8.51. The molecule has 0 aliphatic carbocycles. The normalized spacial score (nSPS) is 10.5. The third kappa shape index (κ3) is 2.48. The van der Waals surface area contributed by atoms with E-state index in [-0.39, 0.29) is 5.82 Å². The molecule has 18 heavy (non-hydrogen) atoms. The van der Waals surface area contributed by atoms with E-state index in [9.17, 15) is 8.78 Å². The number of anilines is 1. The van der Waals surface area contributed by atoms with Gasteiger partial charge in [-0.2, -0.15) is 0 Å². The van der Waals surface area contributed by atoms with Crippen LogP contribution in [0.15, 0.2) is 22.7 Å². The predicted molar refractivity (Wildman–Crippen MR) is 69.4 cm³/mol. The van der Waals surface area contributed by atoms with Crippen LogP contribution in [-0.2, 0) is 0 Å². The Balaban J connectivity index is 2.60. The number of nitrogens with one attached hydrogen (secondary N) is 1. The van der Waals surface area contributed by atoms with Crippen LogP contribution >= 0.6 is 15.9 Å². The van der Waals surface area contributed by atoms with Gasteiger partial charge in [-0.3, -0.25) is 0 Å². The molecule has 0 aliphatic heterocycles. The van der Waals surface area contributed by atoms with Crippen molar-refractivity contribution >= 4 is 21.7 Å². The number of aromatic nitrogens is 2. The lowest BCUT2D eigenvalue weighted by atomic mass is 10.2.